The number of hydrogen-bond donors (Lipinski definition) is 3. The normalized spacial score (nSPS) is 13.1. The van der Waals surface area contributed by atoms with Gasteiger partial charge in [0.15, 0.2) is 0 Å². The molecule has 0 saturated carbocycles. The minimum absolute atomic E-state index is 0.0772. The highest BCUT2D eigenvalue weighted by atomic mass is 16.3. The van der Waals surface area contributed by atoms with E-state index in [0.717, 1.165) is 44.9 Å². The van der Waals surface area contributed by atoms with Crippen molar-refractivity contribution < 1.29 is 15.0 Å². The number of hydrogen-bond acceptors (Lipinski definition) is 3. The van der Waals surface area contributed by atoms with Crippen molar-refractivity contribution in [2.45, 2.75) is 289 Å². The molecule has 0 aliphatic carbocycles. The molecule has 0 aromatic heterocycles. The number of carbonyl (C=O) groups excluding carboxylic acids is 1. The van der Waals surface area contributed by atoms with Crippen LogP contribution in [0, 0.1) is 0 Å². The third-order valence-electron chi connectivity index (χ3n) is 11.8. The molecule has 57 heavy (non-hydrogen) atoms. The Morgan fingerprint density at radius 3 is 1.12 bits per heavy atom. The monoisotopic (exact) mass is 800 g/mol. The maximum atomic E-state index is 12.4. The number of amides is 1. The smallest absolute Gasteiger partial charge is 0.220 e. The molecule has 0 bridgehead atoms. The number of allylic oxidation sites excluding steroid dienone is 5. The number of aliphatic hydroxyl groups excluding tert-OH is 2. The fraction of sp³-hybridized carbons (Fsp3) is 0.868. The fourth-order valence-electron chi connectivity index (χ4n) is 7.92. The summed E-state index contributed by atoms with van der Waals surface area (Å²) >= 11 is 0. The summed E-state index contributed by atoms with van der Waals surface area (Å²) in [5.41, 5.74) is 0. The van der Waals surface area contributed by atoms with E-state index in [0.29, 0.717) is 6.42 Å². The van der Waals surface area contributed by atoms with E-state index in [9.17, 15) is 15.0 Å². The van der Waals surface area contributed by atoms with E-state index in [-0.39, 0.29) is 12.5 Å². The van der Waals surface area contributed by atoms with Gasteiger partial charge < -0.3 is 15.5 Å². The highest BCUT2D eigenvalue weighted by Gasteiger charge is 2.18. The van der Waals surface area contributed by atoms with Gasteiger partial charge in [-0.15, -0.1) is 0 Å². The Labute approximate surface area is 357 Å². The molecular weight excluding hydrogens is 699 g/mol. The van der Waals surface area contributed by atoms with Crippen LogP contribution in [0.15, 0.2) is 36.5 Å². The highest BCUT2D eigenvalue weighted by Crippen LogP contribution is 2.17. The molecule has 336 valence electrons. The van der Waals surface area contributed by atoms with Gasteiger partial charge in [0.05, 0.1) is 18.8 Å². The summed E-state index contributed by atoms with van der Waals surface area (Å²) in [6.07, 6.45) is 65.9. The maximum Gasteiger partial charge on any atom is 0.220 e. The quantitative estimate of drug-likeness (QED) is 0.0424. The number of unbranched alkanes of at least 4 members (excludes halogenated alkanes) is 36. The third kappa shape index (κ3) is 45.5. The van der Waals surface area contributed by atoms with Gasteiger partial charge in [-0.3, -0.25) is 4.79 Å². The molecule has 0 aromatic rings. The molecule has 0 aromatic carbocycles. The van der Waals surface area contributed by atoms with Gasteiger partial charge in [0.2, 0.25) is 5.91 Å². The molecule has 4 heteroatoms. The summed E-state index contributed by atoms with van der Waals surface area (Å²) in [7, 11) is 0. The maximum absolute atomic E-state index is 12.4. The van der Waals surface area contributed by atoms with E-state index >= 15 is 0 Å². The first-order chi connectivity index (χ1) is 28.2. The van der Waals surface area contributed by atoms with Crippen molar-refractivity contribution in [2.24, 2.45) is 0 Å². The van der Waals surface area contributed by atoms with Crippen molar-refractivity contribution in [3.63, 3.8) is 0 Å². The summed E-state index contributed by atoms with van der Waals surface area (Å²) in [6, 6.07) is -0.629. The van der Waals surface area contributed by atoms with Gasteiger partial charge >= 0.3 is 0 Å². The molecule has 0 spiro atoms. The Morgan fingerprint density at radius 1 is 0.421 bits per heavy atom. The predicted octanol–water partition coefficient (Wildman–Crippen LogP) is 16.5. The van der Waals surface area contributed by atoms with Crippen LogP contribution in [0.1, 0.15) is 277 Å². The average Bonchev–Trinajstić information content (AvgIpc) is 3.22. The van der Waals surface area contributed by atoms with Gasteiger partial charge in [-0.1, -0.05) is 262 Å². The number of nitrogens with one attached hydrogen (secondary N) is 1. The van der Waals surface area contributed by atoms with Gasteiger partial charge in [0.25, 0.3) is 0 Å². The van der Waals surface area contributed by atoms with E-state index in [1.54, 1.807) is 6.08 Å². The SMILES string of the molecule is CCC/C=C\C/C=C\CCCCCCCC(=O)NC(CO)C(O)/C=C/CCCCCCCCCCCCCCCCCCCCCCCCCCCCCCCC. The van der Waals surface area contributed by atoms with Crippen molar-refractivity contribution in [3.8, 4) is 0 Å². The molecule has 0 aliphatic rings. The Morgan fingerprint density at radius 2 is 0.754 bits per heavy atom. The molecule has 2 atom stereocenters. The molecular formula is C53H101NO3. The van der Waals surface area contributed by atoms with Gasteiger partial charge in [-0.25, -0.2) is 0 Å². The predicted molar refractivity (Wildman–Crippen MR) is 253 cm³/mol. The van der Waals surface area contributed by atoms with Crippen molar-refractivity contribution >= 4 is 5.91 Å². The largest absolute Gasteiger partial charge is 0.394 e. The summed E-state index contributed by atoms with van der Waals surface area (Å²) in [5.74, 6) is -0.0772. The molecule has 0 rings (SSSR count). The Balaban J connectivity index is 3.43. The second kappa shape index (κ2) is 49.0. The molecule has 0 aliphatic heterocycles. The molecule has 0 fully saturated rings. The second-order valence-electron chi connectivity index (χ2n) is 17.6. The summed E-state index contributed by atoms with van der Waals surface area (Å²) in [4.78, 5) is 12.4. The van der Waals surface area contributed by atoms with Crippen molar-refractivity contribution in [2.75, 3.05) is 6.61 Å². The highest BCUT2D eigenvalue weighted by molar-refractivity contribution is 5.76. The van der Waals surface area contributed by atoms with Crippen LogP contribution >= 0.6 is 0 Å². The zero-order chi connectivity index (χ0) is 41.4. The van der Waals surface area contributed by atoms with E-state index in [2.05, 4.69) is 43.5 Å². The zero-order valence-corrected chi connectivity index (χ0v) is 38.6. The van der Waals surface area contributed by atoms with E-state index in [4.69, 9.17) is 0 Å². The van der Waals surface area contributed by atoms with Crippen LogP contribution in [0.5, 0.6) is 0 Å². The molecule has 4 nitrogen and oxygen atoms in total. The lowest BCUT2D eigenvalue weighted by Gasteiger charge is -2.20. The molecule has 0 heterocycles. The average molecular weight is 800 g/mol. The van der Waals surface area contributed by atoms with Gasteiger partial charge in [-0.2, -0.15) is 0 Å². The lowest BCUT2D eigenvalue weighted by Crippen LogP contribution is -2.45. The van der Waals surface area contributed by atoms with Crippen molar-refractivity contribution in [1.82, 2.24) is 5.32 Å². The van der Waals surface area contributed by atoms with Crippen molar-refractivity contribution in [1.29, 1.82) is 0 Å². The number of carbonyl (C=O) groups is 1. The minimum Gasteiger partial charge on any atom is -0.394 e. The van der Waals surface area contributed by atoms with Gasteiger partial charge in [0.1, 0.15) is 0 Å². The fourth-order valence-corrected chi connectivity index (χ4v) is 7.92. The summed E-state index contributed by atoms with van der Waals surface area (Å²) in [6.45, 7) is 4.25. The first-order valence-corrected chi connectivity index (χ1v) is 25.7. The van der Waals surface area contributed by atoms with E-state index < -0.39 is 12.1 Å². The van der Waals surface area contributed by atoms with Crippen LogP contribution in [0.4, 0.5) is 0 Å². The Kier molecular flexibility index (Phi) is 47.8. The molecule has 1 amide bonds. The number of aliphatic hydroxyl groups is 2. The van der Waals surface area contributed by atoms with E-state index in [1.807, 2.05) is 6.08 Å². The topological polar surface area (TPSA) is 69.6 Å². The standard InChI is InChI=1S/C53H101NO3/c1-3-5-7-9-11-13-15-17-18-19-20-21-22-23-24-25-26-27-28-29-30-31-32-33-34-35-37-38-40-42-44-46-48-52(56)51(50-55)54-53(57)49-47-45-43-41-39-36-16-14-12-10-8-6-4-2/h8,10,14,16,46,48,51-52,55-56H,3-7,9,11-13,15,17-45,47,49-50H2,1-2H3,(H,54,57)/b10-8-,16-14-,48-46+. The van der Waals surface area contributed by atoms with Crippen LogP contribution in [-0.4, -0.2) is 34.9 Å². The van der Waals surface area contributed by atoms with Crippen LogP contribution in [0.25, 0.3) is 0 Å². The van der Waals surface area contributed by atoms with Crippen LogP contribution in [0.2, 0.25) is 0 Å². The van der Waals surface area contributed by atoms with E-state index in [1.165, 1.54) is 212 Å². The lowest BCUT2D eigenvalue weighted by molar-refractivity contribution is -0.123. The Bertz CT molecular complexity index is 866. The summed E-state index contributed by atoms with van der Waals surface area (Å²) in [5, 5.41) is 23.0. The Hall–Kier alpha value is -1.39. The van der Waals surface area contributed by atoms with Crippen LogP contribution in [0.3, 0.4) is 0 Å². The van der Waals surface area contributed by atoms with Crippen LogP contribution in [-0.2, 0) is 4.79 Å². The first-order valence-electron chi connectivity index (χ1n) is 25.7. The second-order valence-corrected chi connectivity index (χ2v) is 17.6. The first kappa shape index (κ1) is 55.6. The molecule has 0 radical (unpaired) electrons. The summed E-state index contributed by atoms with van der Waals surface area (Å²) < 4.78 is 0. The zero-order valence-electron chi connectivity index (χ0n) is 38.6. The number of rotatable bonds is 47. The lowest BCUT2D eigenvalue weighted by atomic mass is 10.0. The van der Waals surface area contributed by atoms with Crippen LogP contribution < -0.4 is 5.32 Å². The third-order valence-corrected chi connectivity index (χ3v) is 11.8. The minimum atomic E-state index is -0.845. The molecule has 2 unspecified atom stereocenters. The molecule has 3 N–H and O–H groups in total. The van der Waals surface area contributed by atoms with Crippen molar-refractivity contribution in [3.05, 3.63) is 36.5 Å². The van der Waals surface area contributed by atoms with Gasteiger partial charge in [-0.05, 0) is 44.9 Å². The molecule has 0 saturated heterocycles. The van der Waals surface area contributed by atoms with Gasteiger partial charge in [0, 0.05) is 6.42 Å².